The number of hydrogen-bond acceptors (Lipinski definition) is 0. The fourth-order valence-corrected chi connectivity index (χ4v) is 2.75. The fraction of sp³-hybridized carbons (Fsp3) is 1.00. The van der Waals surface area contributed by atoms with Crippen LogP contribution in [0.25, 0.3) is 0 Å². The second-order valence-corrected chi connectivity index (χ2v) is 18.2. The highest BCUT2D eigenvalue weighted by Gasteiger charge is 2.32. The first kappa shape index (κ1) is 10.4. The lowest BCUT2D eigenvalue weighted by Crippen LogP contribution is -2.39. The van der Waals surface area contributed by atoms with Gasteiger partial charge in [-0.2, -0.15) is 0 Å². The van der Waals surface area contributed by atoms with Crippen molar-refractivity contribution in [1.29, 1.82) is 0 Å². The van der Waals surface area contributed by atoms with Crippen LogP contribution in [0.15, 0.2) is 0 Å². The Labute approximate surface area is 69.6 Å². The van der Waals surface area contributed by atoms with Gasteiger partial charge in [0.25, 0.3) is 0 Å². The van der Waals surface area contributed by atoms with E-state index in [0.29, 0.717) is 5.04 Å². The molecule has 0 saturated heterocycles. The maximum Gasteiger partial charge on any atom is 0.0359 e. The minimum atomic E-state index is -0.767. The van der Waals surface area contributed by atoms with E-state index in [1.807, 2.05) is 0 Å². The molecule has 0 unspecified atom stereocenters. The van der Waals surface area contributed by atoms with Gasteiger partial charge in [0.1, 0.15) is 0 Å². The van der Waals surface area contributed by atoms with E-state index in [-0.39, 0.29) is 0 Å². The summed E-state index contributed by atoms with van der Waals surface area (Å²) in [5.41, 5.74) is 0. The van der Waals surface area contributed by atoms with E-state index < -0.39 is 7.59 Å². The molecule has 0 amide bonds. The van der Waals surface area contributed by atoms with E-state index in [0.717, 1.165) is 0 Å². The lowest BCUT2D eigenvalue weighted by Gasteiger charge is -2.37. The van der Waals surface area contributed by atoms with Gasteiger partial charge in [0.15, 0.2) is 0 Å². The Hall–Kier alpha value is 0.434. The average Bonchev–Trinajstić information content (AvgIpc) is 1.61. The van der Waals surface area contributed by atoms with Gasteiger partial charge in [0.2, 0.25) is 0 Å². The van der Waals surface area contributed by atoms with E-state index in [1.54, 1.807) is 0 Å². The van der Waals surface area contributed by atoms with Crippen LogP contribution in [0, 0.1) is 0 Å². The summed E-state index contributed by atoms with van der Waals surface area (Å²) in [6.07, 6.45) is 2.78. The van der Waals surface area contributed by atoms with Crippen LogP contribution in [0.3, 0.4) is 0 Å². The van der Waals surface area contributed by atoms with Crippen LogP contribution in [-0.4, -0.2) is 17.4 Å². The van der Waals surface area contributed by atoms with Crippen molar-refractivity contribution in [2.24, 2.45) is 0 Å². The SMILES string of the molecule is CCCC(C)(C)[Si](C)(C)[SiH3]. The van der Waals surface area contributed by atoms with E-state index in [4.69, 9.17) is 0 Å². The van der Waals surface area contributed by atoms with Gasteiger partial charge in [0.05, 0.1) is 0 Å². The lowest BCUT2D eigenvalue weighted by molar-refractivity contribution is 0.581. The second-order valence-electron chi connectivity index (χ2n) is 4.88. The summed E-state index contributed by atoms with van der Waals surface area (Å²) in [5, 5.41) is 0.688. The molecule has 0 fully saturated rings. The van der Waals surface area contributed by atoms with Crippen LogP contribution >= 0.6 is 0 Å². The van der Waals surface area contributed by atoms with Crippen LogP contribution in [0.1, 0.15) is 33.6 Å². The summed E-state index contributed by atoms with van der Waals surface area (Å²) in [6.45, 7) is 12.2. The number of rotatable bonds is 3. The van der Waals surface area contributed by atoms with Gasteiger partial charge < -0.3 is 0 Å². The highest BCUT2D eigenvalue weighted by molar-refractivity contribution is 7.17. The Morgan fingerprint density at radius 3 is 1.80 bits per heavy atom. The van der Waals surface area contributed by atoms with Crippen molar-refractivity contribution in [3.05, 3.63) is 0 Å². The maximum absolute atomic E-state index is 2.52. The zero-order valence-electron chi connectivity index (χ0n) is 8.41. The Morgan fingerprint density at radius 1 is 1.30 bits per heavy atom. The molecule has 0 spiro atoms. The van der Waals surface area contributed by atoms with Gasteiger partial charge in [-0.05, 0) is 14.8 Å². The molecule has 0 saturated carbocycles. The van der Waals surface area contributed by atoms with Crippen molar-refractivity contribution in [2.45, 2.75) is 51.7 Å². The van der Waals surface area contributed by atoms with Crippen molar-refractivity contribution in [3.8, 4) is 0 Å². The third kappa shape index (κ3) is 2.58. The summed E-state index contributed by atoms with van der Waals surface area (Å²) in [4.78, 5) is 0. The first-order valence-electron chi connectivity index (χ1n) is 4.31. The molecule has 0 bridgehead atoms. The molecule has 0 nitrogen and oxygen atoms in total. The van der Waals surface area contributed by atoms with Gasteiger partial charge in [-0.3, -0.25) is 0 Å². The van der Waals surface area contributed by atoms with Gasteiger partial charge in [-0.1, -0.05) is 46.7 Å². The standard InChI is InChI=1S/C8H22Si2/c1-6-7-8(2,3)10(4,5)9/h6-7H2,1-5,9H3. The molecule has 0 aliphatic rings. The summed E-state index contributed by atoms with van der Waals surface area (Å²) in [7, 11) is 0.673. The molecule has 0 aromatic heterocycles. The normalized spacial score (nSPS) is 14.1. The smallest absolute Gasteiger partial charge is 0.0359 e. The first-order chi connectivity index (χ1) is 4.31. The monoisotopic (exact) mass is 174 g/mol. The van der Waals surface area contributed by atoms with Gasteiger partial charge >= 0.3 is 0 Å². The quantitative estimate of drug-likeness (QED) is 0.575. The summed E-state index contributed by atoms with van der Waals surface area (Å²) in [5.74, 6) is 0. The third-order valence-corrected chi connectivity index (χ3v) is 11.3. The molecule has 0 aliphatic heterocycles. The van der Waals surface area contributed by atoms with Crippen LogP contribution in [-0.2, 0) is 0 Å². The maximum atomic E-state index is 2.52. The summed E-state index contributed by atoms with van der Waals surface area (Å²) >= 11 is 0. The summed E-state index contributed by atoms with van der Waals surface area (Å²) < 4.78 is 0. The van der Waals surface area contributed by atoms with Crippen LogP contribution in [0.5, 0.6) is 0 Å². The zero-order valence-corrected chi connectivity index (χ0v) is 11.4. The molecule has 10 heavy (non-hydrogen) atoms. The Balaban J connectivity index is 4.10. The van der Waals surface area contributed by atoms with Crippen molar-refractivity contribution in [3.63, 3.8) is 0 Å². The minimum absolute atomic E-state index is 0.688. The first-order valence-corrected chi connectivity index (χ1v) is 10.8. The molecule has 62 valence electrons. The molecule has 0 aromatic rings. The predicted molar refractivity (Wildman–Crippen MR) is 56.4 cm³/mol. The minimum Gasteiger partial charge on any atom is -0.0716 e. The van der Waals surface area contributed by atoms with E-state index >= 15 is 0 Å². The van der Waals surface area contributed by atoms with E-state index in [1.165, 1.54) is 22.6 Å². The number of hydrogen-bond donors (Lipinski definition) is 0. The van der Waals surface area contributed by atoms with Crippen molar-refractivity contribution in [2.75, 3.05) is 0 Å². The third-order valence-electron chi connectivity index (χ3n) is 2.91. The molecule has 2 heteroatoms. The zero-order chi connectivity index (χ0) is 8.41. The molecule has 0 radical (unpaired) electrons. The molecule has 0 N–H and O–H groups in total. The molecule has 0 atom stereocenters. The molecular formula is C8H22Si2. The summed E-state index contributed by atoms with van der Waals surface area (Å²) in [6, 6.07) is 0. The van der Waals surface area contributed by atoms with Gasteiger partial charge in [0, 0.05) is 7.59 Å². The van der Waals surface area contributed by atoms with E-state index in [9.17, 15) is 0 Å². The molecule has 0 heterocycles. The molecule has 0 rings (SSSR count). The highest BCUT2D eigenvalue weighted by atomic mass is 29.2. The fourth-order valence-electron chi connectivity index (χ4n) is 1.000. The van der Waals surface area contributed by atoms with Crippen molar-refractivity contribution < 1.29 is 0 Å². The van der Waals surface area contributed by atoms with Gasteiger partial charge in [-0.25, -0.2) is 0 Å². The van der Waals surface area contributed by atoms with Crippen molar-refractivity contribution >= 4 is 17.4 Å². The largest absolute Gasteiger partial charge is 0.0716 e. The Morgan fingerprint density at radius 2 is 1.70 bits per heavy atom. The average molecular weight is 174 g/mol. The lowest BCUT2D eigenvalue weighted by atomic mass is 10.1. The van der Waals surface area contributed by atoms with Gasteiger partial charge in [-0.15, -0.1) is 0 Å². The van der Waals surface area contributed by atoms with Crippen molar-refractivity contribution in [1.82, 2.24) is 0 Å². The van der Waals surface area contributed by atoms with E-state index in [2.05, 4.69) is 33.9 Å². The van der Waals surface area contributed by atoms with Crippen LogP contribution < -0.4 is 0 Å². The second kappa shape index (κ2) is 3.22. The van der Waals surface area contributed by atoms with Crippen LogP contribution in [0.2, 0.25) is 18.1 Å². The Bertz CT molecular complexity index is 100. The topological polar surface area (TPSA) is 0 Å². The Kier molecular flexibility index (Phi) is 3.36. The molecule has 0 aromatic carbocycles. The molecule has 0 aliphatic carbocycles. The predicted octanol–water partition coefficient (Wildman–Crippen LogP) is 2.14. The highest BCUT2D eigenvalue weighted by Crippen LogP contribution is 2.39. The van der Waals surface area contributed by atoms with Crippen LogP contribution in [0.4, 0.5) is 0 Å². The molecular weight excluding hydrogens is 152 g/mol.